The van der Waals surface area contributed by atoms with E-state index in [-0.39, 0.29) is 23.7 Å². The Morgan fingerprint density at radius 1 is 1.31 bits per heavy atom. The van der Waals surface area contributed by atoms with Crippen molar-refractivity contribution in [2.24, 2.45) is 5.73 Å². The third-order valence-corrected chi connectivity index (χ3v) is 1.85. The molecule has 0 fully saturated rings. The highest BCUT2D eigenvalue weighted by atomic mass is 16.3. The van der Waals surface area contributed by atoms with Gasteiger partial charge in [-0.3, -0.25) is 0 Å². The van der Waals surface area contributed by atoms with Crippen molar-refractivity contribution in [1.29, 1.82) is 0 Å². The van der Waals surface area contributed by atoms with Gasteiger partial charge in [0.05, 0.1) is 18.2 Å². The van der Waals surface area contributed by atoms with Crippen LogP contribution in [0.1, 0.15) is 17.2 Å². The first kappa shape index (κ1) is 9.83. The predicted molar refractivity (Wildman–Crippen MR) is 48.5 cm³/mol. The molecule has 4 nitrogen and oxygen atoms in total. The lowest BCUT2D eigenvalue weighted by atomic mass is 10.0. The molecule has 0 aromatic heterocycles. The zero-order valence-electron chi connectivity index (χ0n) is 7.36. The zero-order valence-corrected chi connectivity index (χ0v) is 7.36. The number of hydrogen-bond donors (Lipinski definition) is 4. The Kier molecular flexibility index (Phi) is 2.75. The van der Waals surface area contributed by atoms with E-state index in [1.807, 2.05) is 0 Å². The van der Waals surface area contributed by atoms with Gasteiger partial charge in [-0.2, -0.15) is 0 Å². The van der Waals surface area contributed by atoms with Gasteiger partial charge >= 0.3 is 0 Å². The summed E-state index contributed by atoms with van der Waals surface area (Å²) in [6.45, 7) is 1.43. The summed E-state index contributed by atoms with van der Waals surface area (Å²) in [4.78, 5) is 0. The van der Waals surface area contributed by atoms with Crippen molar-refractivity contribution in [2.45, 2.75) is 13.0 Å². The molecule has 0 aliphatic carbocycles. The van der Waals surface area contributed by atoms with Crippen molar-refractivity contribution >= 4 is 0 Å². The summed E-state index contributed by atoms with van der Waals surface area (Å²) >= 11 is 0. The summed E-state index contributed by atoms with van der Waals surface area (Å²) in [7, 11) is 0. The van der Waals surface area contributed by atoms with Crippen LogP contribution in [-0.4, -0.2) is 21.9 Å². The van der Waals surface area contributed by atoms with Gasteiger partial charge in [-0.05, 0) is 24.6 Å². The van der Waals surface area contributed by atoms with E-state index in [1.165, 1.54) is 12.1 Å². The largest absolute Gasteiger partial charge is 0.507 e. The first-order chi connectivity index (χ1) is 6.06. The van der Waals surface area contributed by atoms with Crippen molar-refractivity contribution in [2.75, 3.05) is 6.61 Å². The van der Waals surface area contributed by atoms with Gasteiger partial charge in [0.2, 0.25) is 0 Å². The lowest BCUT2D eigenvalue weighted by molar-refractivity contribution is 0.262. The fourth-order valence-corrected chi connectivity index (χ4v) is 1.23. The minimum Gasteiger partial charge on any atom is -0.507 e. The van der Waals surface area contributed by atoms with Crippen LogP contribution in [0.25, 0.3) is 0 Å². The molecule has 0 aliphatic heterocycles. The maximum Gasteiger partial charge on any atom is 0.124 e. The van der Waals surface area contributed by atoms with Crippen molar-refractivity contribution < 1.29 is 15.3 Å². The second-order valence-electron chi connectivity index (χ2n) is 3.01. The average molecular weight is 183 g/mol. The van der Waals surface area contributed by atoms with E-state index in [9.17, 15) is 10.2 Å². The van der Waals surface area contributed by atoms with Gasteiger partial charge in [0.1, 0.15) is 11.5 Å². The molecule has 13 heavy (non-hydrogen) atoms. The van der Waals surface area contributed by atoms with Gasteiger partial charge in [-0.1, -0.05) is 0 Å². The predicted octanol–water partition coefficient (Wildman–Crippen LogP) is 0.398. The van der Waals surface area contributed by atoms with Gasteiger partial charge in [-0.25, -0.2) is 0 Å². The quantitative estimate of drug-likeness (QED) is 0.534. The fraction of sp³-hybridized carbons (Fsp3) is 0.333. The summed E-state index contributed by atoms with van der Waals surface area (Å²) in [5, 5.41) is 27.6. The number of rotatable bonds is 2. The van der Waals surface area contributed by atoms with Crippen LogP contribution in [0.2, 0.25) is 0 Å². The molecule has 4 heteroatoms. The molecular formula is C9H13NO3. The van der Waals surface area contributed by atoms with Crippen molar-refractivity contribution in [3.63, 3.8) is 0 Å². The second kappa shape index (κ2) is 3.64. The molecular weight excluding hydrogens is 170 g/mol. The van der Waals surface area contributed by atoms with Crippen LogP contribution in [0.3, 0.4) is 0 Å². The van der Waals surface area contributed by atoms with Crippen LogP contribution >= 0.6 is 0 Å². The Morgan fingerprint density at radius 2 is 1.77 bits per heavy atom. The molecule has 0 amide bonds. The molecule has 0 heterocycles. The topological polar surface area (TPSA) is 86.7 Å². The molecule has 1 rings (SSSR count). The highest BCUT2D eigenvalue weighted by Crippen LogP contribution is 2.32. The molecule has 0 bridgehead atoms. The zero-order chi connectivity index (χ0) is 10.0. The van der Waals surface area contributed by atoms with E-state index >= 15 is 0 Å². The third kappa shape index (κ3) is 1.91. The normalized spacial score (nSPS) is 12.8. The average Bonchev–Trinajstić information content (AvgIpc) is 2.02. The number of phenols is 2. The van der Waals surface area contributed by atoms with Gasteiger partial charge in [-0.15, -0.1) is 0 Å². The lowest BCUT2D eigenvalue weighted by Crippen LogP contribution is -2.14. The Hall–Kier alpha value is -1.26. The van der Waals surface area contributed by atoms with Crippen LogP contribution in [0, 0.1) is 6.92 Å². The van der Waals surface area contributed by atoms with Crippen LogP contribution in [0.15, 0.2) is 12.1 Å². The Labute approximate surface area is 76.2 Å². The number of phenolic OH excluding ortho intramolecular Hbond substituents is 2. The second-order valence-corrected chi connectivity index (χ2v) is 3.01. The molecule has 1 aromatic rings. The Balaban J connectivity index is 3.20. The van der Waals surface area contributed by atoms with Gasteiger partial charge in [0, 0.05) is 0 Å². The fourth-order valence-electron chi connectivity index (χ4n) is 1.23. The van der Waals surface area contributed by atoms with E-state index in [1.54, 1.807) is 6.92 Å². The highest BCUT2D eigenvalue weighted by molar-refractivity contribution is 5.47. The summed E-state index contributed by atoms with van der Waals surface area (Å²) in [6.07, 6.45) is 0. The van der Waals surface area contributed by atoms with Gasteiger partial charge in [0.25, 0.3) is 0 Å². The molecule has 0 saturated carbocycles. The van der Waals surface area contributed by atoms with Crippen LogP contribution in [0.5, 0.6) is 11.5 Å². The van der Waals surface area contributed by atoms with E-state index in [4.69, 9.17) is 10.8 Å². The van der Waals surface area contributed by atoms with Gasteiger partial charge < -0.3 is 21.1 Å². The molecule has 0 radical (unpaired) electrons. The first-order valence-corrected chi connectivity index (χ1v) is 3.95. The molecule has 0 spiro atoms. The number of benzene rings is 1. The first-order valence-electron chi connectivity index (χ1n) is 3.95. The summed E-state index contributed by atoms with van der Waals surface area (Å²) in [5.41, 5.74) is 6.40. The maximum atomic E-state index is 9.42. The van der Waals surface area contributed by atoms with Crippen LogP contribution in [-0.2, 0) is 0 Å². The van der Waals surface area contributed by atoms with Crippen molar-refractivity contribution in [3.05, 3.63) is 23.3 Å². The summed E-state index contributed by atoms with van der Waals surface area (Å²) in [5.74, 6) is -0.168. The maximum absolute atomic E-state index is 9.42. The standard InChI is InChI=1S/C9H13NO3/c1-5-2-7(12)9(6(10)4-11)8(13)3-5/h2-3,6,11-13H,4,10H2,1H3/t6-/m1/s1. The van der Waals surface area contributed by atoms with Crippen LogP contribution < -0.4 is 5.73 Å². The Bertz CT molecular complexity index is 289. The molecule has 1 aromatic carbocycles. The molecule has 0 saturated heterocycles. The molecule has 0 unspecified atom stereocenters. The molecule has 5 N–H and O–H groups in total. The van der Waals surface area contributed by atoms with Gasteiger partial charge in [0.15, 0.2) is 0 Å². The van der Waals surface area contributed by atoms with Crippen LogP contribution in [0.4, 0.5) is 0 Å². The van der Waals surface area contributed by atoms with E-state index in [0.717, 1.165) is 5.56 Å². The minimum atomic E-state index is -0.749. The smallest absolute Gasteiger partial charge is 0.124 e. The number of nitrogens with two attached hydrogens (primary N) is 1. The number of aliphatic hydroxyl groups excluding tert-OH is 1. The summed E-state index contributed by atoms with van der Waals surface area (Å²) < 4.78 is 0. The number of aryl methyl sites for hydroxylation is 1. The SMILES string of the molecule is Cc1cc(O)c([C@H](N)CO)c(O)c1. The van der Waals surface area contributed by atoms with E-state index in [0.29, 0.717) is 0 Å². The molecule has 72 valence electrons. The molecule has 0 aliphatic rings. The minimum absolute atomic E-state index is 0.0842. The number of hydrogen-bond acceptors (Lipinski definition) is 4. The van der Waals surface area contributed by atoms with Crippen molar-refractivity contribution in [1.82, 2.24) is 0 Å². The molecule has 1 atom stereocenters. The van der Waals surface area contributed by atoms with E-state index in [2.05, 4.69) is 0 Å². The Morgan fingerprint density at radius 3 is 2.15 bits per heavy atom. The summed E-state index contributed by atoms with van der Waals surface area (Å²) in [6, 6.07) is 2.23. The highest BCUT2D eigenvalue weighted by Gasteiger charge is 2.15. The number of aromatic hydroxyl groups is 2. The number of aliphatic hydroxyl groups is 1. The monoisotopic (exact) mass is 183 g/mol. The van der Waals surface area contributed by atoms with E-state index < -0.39 is 6.04 Å². The third-order valence-electron chi connectivity index (χ3n) is 1.85. The lowest BCUT2D eigenvalue weighted by Gasteiger charge is -2.13. The van der Waals surface area contributed by atoms with Crippen molar-refractivity contribution in [3.8, 4) is 11.5 Å².